The van der Waals surface area contributed by atoms with Crippen molar-refractivity contribution in [2.75, 3.05) is 50.6 Å². The number of nitrogens with zero attached hydrogens (tertiary/aromatic N) is 5. The number of carbonyl (C=O) groups is 4. The van der Waals surface area contributed by atoms with Gasteiger partial charge in [0.25, 0.3) is 5.91 Å². The van der Waals surface area contributed by atoms with Crippen molar-refractivity contribution in [3.63, 3.8) is 0 Å². The molecule has 2 saturated heterocycles. The van der Waals surface area contributed by atoms with Crippen LogP contribution >= 0.6 is 11.6 Å². The first kappa shape index (κ1) is 42.6. The molecule has 0 aliphatic carbocycles. The summed E-state index contributed by atoms with van der Waals surface area (Å²) in [6.07, 6.45) is -1.39. The van der Waals surface area contributed by atoms with E-state index in [0.717, 1.165) is 12.5 Å². The minimum absolute atomic E-state index is 0.0270. The number of pyridine rings is 1. The molecule has 15 nitrogen and oxygen atoms in total. The molecule has 59 heavy (non-hydrogen) atoms. The highest BCUT2D eigenvalue weighted by Gasteiger charge is 2.38. The van der Waals surface area contributed by atoms with E-state index in [2.05, 4.69) is 35.6 Å². The molecule has 2 aromatic carbocycles. The summed E-state index contributed by atoms with van der Waals surface area (Å²) >= 11 is 6.56. The SMILES string of the molecule is CNC(=O)N1CCN(c2ccc(C(=O)Nc3cc(OC(F)(F)F)c(-c4ccc(-c5cnc([C@@H]6CCCN6C(=O)[C@@H](NC(=O)OC)C(C)C)[nH]5)cc4)cc3Cl)cn2)[C@H](C)C1. The summed E-state index contributed by atoms with van der Waals surface area (Å²) in [6, 6.07) is 10.8. The molecule has 314 valence electrons. The van der Waals surface area contributed by atoms with Crippen LogP contribution in [0, 0.1) is 5.92 Å². The predicted molar refractivity (Wildman–Crippen MR) is 214 cm³/mol. The number of aromatic amines is 1. The van der Waals surface area contributed by atoms with Gasteiger partial charge in [-0.2, -0.15) is 0 Å². The first-order chi connectivity index (χ1) is 28.1. The molecular weight excluding hydrogens is 795 g/mol. The zero-order valence-corrected chi connectivity index (χ0v) is 33.8. The number of aromatic nitrogens is 3. The summed E-state index contributed by atoms with van der Waals surface area (Å²) in [6.45, 7) is 7.62. The van der Waals surface area contributed by atoms with Gasteiger partial charge in [0.15, 0.2) is 0 Å². The van der Waals surface area contributed by atoms with Gasteiger partial charge < -0.3 is 45.1 Å². The number of amides is 5. The van der Waals surface area contributed by atoms with Crippen molar-refractivity contribution in [1.29, 1.82) is 0 Å². The number of hydrogen-bond acceptors (Lipinski definition) is 9. The Balaban J connectivity index is 1.17. The average molecular weight is 840 g/mol. The number of nitrogens with one attached hydrogen (secondary N) is 4. The summed E-state index contributed by atoms with van der Waals surface area (Å²) in [4.78, 5) is 68.4. The van der Waals surface area contributed by atoms with Crippen LogP contribution in [0.3, 0.4) is 0 Å². The molecule has 4 N–H and O–H groups in total. The van der Waals surface area contributed by atoms with Crippen LogP contribution in [0.5, 0.6) is 5.75 Å². The van der Waals surface area contributed by atoms with Crippen LogP contribution in [0.1, 0.15) is 55.8 Å². The van der Waals surface area contributed by atoms with Crippen LogP contribution in [0.2, 0.25) is 5.02 Å². The molecule has 2 aliphatic rings. The molecule has 0 unspecified atom stereocenters. The quantitative estimate of drug-likeness (QED) is 0.133. The second-order valence-electron chi connectivity index (χ2n) is 14.6. The molecule has 6 rings (SSSR count). The van der Waals surface area contributed by atoms with E-state index < -0.39 is 30.2 Å². The van der Waals surface area contributed by atoms with Gasteiger partial charge in [0.05, 0.1) is 41.3 Å². The highest BCUT2D eigenvalue weighted by atomic mass is 35.5. The van der Waals surface area contributed by atoms with E-state index in [4.69, 9.17) is 16.3 Å². The number of anilines is 2. The first-order valence-corrected chi connectivity index (χ1v) is 19.3. The maximum atomic E-state index is 13.7. The van der Waals surface area contributed by atoms with Crippen molar-refractivity contribution in [3.05, 3.63) is 77.3 Å². The van der Waals surface area contributed by atoms with Crippen LogP contribution in [0.4, 0.5) is 34.3 Å². The van der Waals surface area contributed by atoms with E-state index in [1.54, 1.807) is 59.4 Å². The lowest BCUT2D eigenvalue weighted by Gasteiger charge is -2.40. The standard InChI is InChI=1S/C40H45ClF3N9O6/c1-22(2)34(50-39(57)58-5)37(55)53-14-6-7-31(53)35-47-20-30(48-35)25-10-8-24(9-11-25)27-17-28(41)29(18-32(27)59-40(42,43)44)49-36(54)26-12-13-33(46-19-26)52-16-15-51(21-23(52)3)38(56)45-4/h8-13,17-20,22-23,31,34H,6-7,14-16,21H2,1-5H3,(H,45,56)(H,47,48)(H,49,54)(H,50,57)/t23-,31+,34+/m1/s1. The molecule has 0 radical (unpaired) electrons. The number of ether oxygens (including phenoxy) is 2. The van der Waals surface area contributed by atoms with Crippen LogP contribution < -0.4 is 25.6 Å². The Morgan fingerprint density at radius 1 is 0.983 bits per heavy atom. The minimum Gasteiger partial charge on any atom is -0.453 e. The summed E-state index contributed by atoms with van der Waals surface area (Å²) < 4.78 is 50.3. The fraction of sp³-hybridized carbons (Fsp3) is 0.400. The van der Waals surface area contributed by atoms with Crippen molar-refractivity contribution in [2.45, 2.75) is 58.1 Å². The molecule has 0 bridgehead atoms. The van der Waals surface area contributed by atoms with Crippen molar-refractivity contribution < 1.29 is 41.8 Å². The van der Waals surface area contributed by atoms with Gasteiger partial charge in [0, 0.05) is 57.1 Å². The Bertz CT molecular complexity index is 2170. The summed E-state index contributed by atoms with van der Waals surface area (Å²) in [5, 5.41) is 7.78. The lowest BCUT2D eigenvalue weighted by Crippen LogP contribution is -2.55. The Morgan fingerprint density at radius 3 is 2.34 bits per heavy atom. The molecule has 19 heteroatoms. The first-order valence-electron chi connectivity index (χ1n) is 19.0. The Labute approximate surface area is 343 Å². The number of hydrogen-bond donors (Lipinski definition) is 4. The number of benzene rings is 2. The highest BCUT2D eigenvalue weighted by Crippen LogP contribution is 2.41. The van der Waals surface area contributed by atoms with E-state index in [1.807, 2.05) is 25.7 Å². The van der Waals surface area contributed by atoms with E-state index in [9.17, 15) is 32.3 Å². The number of rotatable bonds is 10. The van der Waals surface area contributed by atoms with Crippen LogP contribution in [-0.2, 0) is 9.53 Å². The highest BCUT2D eigenvalue weighted by molar-refractivity contribution is 6.34. The molecule has 2 aliphatic heterocycles. The predicted octanol–water partition coefficient (Wildman–Crippen LogP) is 6.84. The van der Waals surface area contributed by atoms with E-state index in [0.29, 0.717) is 61.1 Å². The van der Waals surface area contributed by atoms with Gasteiger partial charge in [-0.1, -0.05) is 49.7 Å². The normalized spacial score (nSPS) is 17.4. The smallest absolute Gasteiger partial charge is 0.453 e. The molecule has 2 fully saturated rings. The molecule has 4 heterocycles. The third-order valence-electron chi connectivity index (χ3n) is 10.3. The summed E-state index contributed by atoms with van der Waals surface area (Å²) in [5.41, 5.74) is 1.70. The number of carbonyl (C=O) groups excluding carboxylic acids is 4. The second kappa shape index (κ2) is 17.8. The number of alkyl halides is 3. The zero-order chi connectivity index (χ0) is 42.6. The zero-order valence-electron chi connectivity index (χ0n) is 33.0. The number of urea groups is 1. The van der Waals surface area contributed by atoms with E-state index in [-0.39, 0.29) is 51.8 Å². The van der Waals surface area contributed by atoms with Gasteiger partial charge in [0.1, 0.15) is 23.4 Å². The number of alkyl carbamates (subject to hydrolysis) is 1. The number of halogens is 4. The van der Waals surface area contributed by atoms with Crippen LogP contribution in [0.25, 0.3) is 22.4 Å². The Morgan fingerprint density at radius 2 is 1.71 bits per heavy atom. The number of imidazole rings is 1. The van der Waals surface area contributed by atoms with E-state index >= 15 is 0 Å². The average Bonchev–Trinajstić information content (AvgIpc) is 3.91. The molecule has 2 aromatic heterocycles. The van der Waals surface area contributed by atoms with Crippen LogP contribution in [0.15, 0.2) is 60.9 Å². The monoisotopic (exact) mass is 839 g/mol. The van der Waals surface area contributed by atoms with Gasteiger partial charge in [-0.3, -0.25) is 9.59 Å². The number of piperazine rings is 1. The number of methoxy groups -OCH3 is 1. The molecule has 4 aromatic rings. The lowest BCUT2D eigenvalue weighted by molar-refractivity contribution is -0.274. The second-order valence-corrected chi connectivity index (χ2v) is 15.0. The molecular formula is C40H45ClF3N9O6. The van der Waals surface area contributed by atoms with Crippen molar-refractivity contribution >= 4 is 47.0 Å². The minimum atomic E-state index is -5.06. The van der Waals surface area contributed by atoms with Crippen LogP contribution in [-0.4, -0.2) is 107 Å². The third kappa shape index (κ3) is 9.81. The molecule has 0 spiro atoms. The fourth-order valence-corrected chi connectivity index (χ4v) is 7.49. The van der Waals surface area contributed by atoms with Gasteiger partial charge in [-0.05, 0) is 55.0 Å². The largest absolute Gasteiger partial charge is 0.573 e. The van der Waals surface area contributed by atoms with Gasteiger partial charge in [-0.25, -0.2) is 19.6 Å². The van der Waals surface area contributed by atoms with Gasteiger partial charge in [0.2, 0.25) is 5.91 Å². The van der Waals surface area contributed by atoms with Gasteiger partial charge >= 0.3 is 18.5 Å². The maximum absolute atomic E-state index is 13.7. The fourth-order valence-electron chi connectivity index (χ4n) is 7.28. The Kier molecular flexibility index (Phi) is 12.9. The van der Waals surface area contributed by atoms with Crippen molar-refractivity contribution in [2.24, 2.45) is 5.92 Å². The van der Waals surface area contributed by atoms with E-state index in [1.165, 1.54) is 19.4 Å². The topological polar surface area (TPSA) is 174 Å². The summed E-state index contributed by atoms with van der Waals surface area (Å²) in [7, 11) is 2.81. The molecule has 0 saturated carbocycles. The number of H-pyrrole nitrogens is 1. The third-order valence-corrected chi connectivity index (χ3v) is 10.6. The lowest BCUT2D eigenvalue weighted by atomic mass is 10.0. The summed E-state index contributed by atoms with van der Waals surface area (Å²) in [5.74, 6) is -0.517. The van der Waals surface area contributed by atoms with Crippen molar-refractivity contribution in [3.8, 4) is 28.1 Å². The molecule has 3 atom stereocenters. The van der Waals surface area contributed by atoms with Gasteiger partial charge in [-0.15, -0.1) is 13.2 Å². The Hall–Kier alpha value is -6.04. The maximum Gasteiger partial charge on any atom is 0.573 e. The molecule has 5 amide bonds. The number of likely N-dealkylation sites (tertiary alicyclic amines) is 1. The van der Waals surface area contributed by atoms with Crippen molar-refractivity contribution in [1.82, 2.24) is 35.4 Å².